The second-order valence-corrected chi connectivity index (χ2v) is 3.14. The van der Waals surface area contributed by atoms with Crippen molar-refractivity contribution >= 4 is 21.6 Å². The van der Waals surface area contributed by atoms with E-state index in [0.29, 0.717) is 0 Å². The standard InChI is InChI=1S/C8H7NOS.K.H/c1-10-8-9-6-4-2-3-5-7(6)11-8;;/h2-5H,1H3;;/q;+1;-1. The van der Waals surface area contributed by atoms with Gasteiger partial charge < -0.3 is 6.16 Å². The van der Waals surface area contributed by atoms with Crippen LogP contribution in [0.4, 0.5) is 0 Å². The van der Waals surface area contributed by atoms with Crippen molar-refractivity contribution in [2.45, 2.75) is 0 Å². The average molecular weight is 205 g/mol. The molecule has 58 valence electrons. The number of benzene rings is 1. The fraction of sp³-hybridized carbons (Fsp3) is 0.125. The molecule has 0 unspecified atom stereocenters. The Morgan fingerprint density at radius 2 is 2.17 bits per heavy atom. The Labute approximate surface area is 119 Å². The van der Waals surface area contributed by atoms with E-state index in [-0.39, 0.29) is 52.8 Å². The molecule has 1 heterocycles. The molecule has 4 heteroatoms. The van der Waals surface area contributed by atoms with Gasteiger partial charge in [-0.1, -0.05) is 23.5 Å². The molecule has 0 saturated heterocycles. The minimum Gasteiger partial charge on any atom is -1.00 e. The van der Waals surface area contributed by atoms with Gasteiger partial charge in [-0.2, -0.15) is 0 Å². The molecule has 2 nitrogen and oxygen atoms in total. The van der Waals surface area contributed by atoms with Crippen molar-refractivity contribution in [1.82, 2.24) is 4.98 Å². The minimum atomic E-state index is 0. The predicted octanol–water partition coefficient (Wildman–Crippen LogP) is -0.579. The maximum Gasteiger partial charge on any atom is 1.00 e. The van der Waals surface area contributed by atoms with Gasteiger partial charge in [0.25, 0.3) is 5.19 Å². The number of hydrogen-bond donors (Lipinski definition) is 0. The topological polar surface area (TPSA) is 22.1 Å². The summed E-state index contributed by atoms with van der Waals surface area (Å²) in [6.07, 6.45) is 0. The summed E-state index contributed by atoms with van der Waals surface area (Å²) >= 11 is 1.56. The van der Waals surface area contributed by atoms with Crippen molar-refractivity contribution in [2.24, 2.45) is 0 Å². The van der Waals surface area contributed by atoms with Crippen LogP contribution in [0.2, 0.25) is 0 Å². The molecule has 0 bridgehead atoms. The van der Waals surface area contributed by atoms with Crippen LogP contribution in [0.1, 0.15) is 1.43 Å². The van der Waals surface area contributed by atoms with Gasteiger partial charge in [0, 0.05) is 0 Å². The van der Waals surface area contributed by atoms with E-state index < -0.39 is 0 Å². The third kappa shape index (κ3) is 2.07. The normalized spacial score (nSPS) is 9.42. The molecule has 1 aromatic carbocycles. The Kier molecular flexibility index (Phi) is 4.15. The molecule has 2 rings (SSSR count). The van der Waals surface area contributed by atoms with Gasteiger partial charge in [0.2, 0.25) is 0 Å². The molecule has 0 N–H and O–H groups in total. The van der Waals surface area contributed by atoms with Gasteiger partial charge in [-0.3, -0.25) is 0 Å². The molecule has 0 amide bonds. The summed E-state index contributed by atoms with van der Waals surface area (Å²) in [6.45, 7) is 0. The molecule has 2 aromatic rings. The number of para-hydroxylation sites is 1. The van der Waals surface area contributed by atoms with Crippen LogP contribution in [-0.4, -0.2) is 12.1 Å². The third-order valence-electron chi connectivity index (χ3n) is 1.45. The summed E-state index contributed by atoms with van der Waals surface area (Å²) < 4.78 is 6.18. The number of nitrogens with zero attached hydrogens (tertiary/aromatic N) is 1. The molecule has 0 spiro atoms. The van der Waals surface area contributed by atoms with Crippen LogP contribution < -0.4 is 56.1 Å². The smallest absolute Gasteiger partial charge is 1.00 e. The van der Waals surface area contributed by atoms with Crippen molar-refractivity contribution in [1.29, 1.82) is 0 Å². The molecule has 12 heavy (non-hydrogen) atoms. The van der Waals surface area contributed by atoms with Crippen molar-refractivity contribution in [2.75, 3.05) is 7.11 Å². The van der Waals surface area contributed by atoms with Crippen LogP contribution in [0, 0.1) is 0 Å². The molecule has 1 aromatic heterocycles. The first-order valence-electron chi connectivity index (χ1n) is 3.30. The number of ether oxygens (including phenoxy) is 1. The zero-order chi connectivity index (χ0) is 7.68. The summed E-state index contributed by atoms with van der Waals surface area (Å²) in [5.41, 5.74) is 1.01. The number of thiazole rings is 1. The summed E-state index contributed by atoms with van der Waals surface area (Å²) in [5, 5.41) is 0.728. The zero-order valence-corrected chi connectivity index (χ0v) is 11.0. The van der Waals surface area contributed by atoms with E-state index in [1.54, 1.807) is 18.4 Å². The Bertz CT molecular complexity index is 346. The van der Waals surface area contributed by atoms with Crippen molar-refractivity contribution < 1.29 is 57.5 Å². The van der Waals surface area contributed by atoms with Crippen molar-refractivity contribution in [3.05, 3.63) is 24.3 Å². The molecular weight excluding hydrogens is 197 g/mol. The first-order valence-corrected chi connectivity index (χ1v) is 4.11. The molecule has 0 aliphatic carbocycles. The fourth-order valence-electron chi connectivity index (χ4n) is 0.938. The number of rotatable bonds is 1. The zero-order valence-electron chi connectivity index (χ0n) is 8.07. The Balaban J connectivity index is 0.000000720. The molecule has 0 saturated carbocycles. The molecular formula is C8H8KNOS. The maximum atomic E-state index is 5.01. The molecule has 0 fully saturated rings. The average Bonchev–Trinajstić information content (AvgIpc) is 2.46. The molecule has 0 atom stereocenters. The van der Waals surface area contributed by atoms with Crippen molar-refractivity contribution in [3.8, 4) is 5.19 Å². The van der Waals surface area contributed by atoms with E-state index in [4.69, 9.17) is 4.74 Å². The van der Waals surface area contributed by atoms with Gasteiger partial charge in [0.05, 0.1) is 17.3 Å². The van der Waals surface area contributed by atoms with Crippen LogP contribution in [0.3, 0.4) is 0 Å². The van der Waals surface area contributed by atoms with Gasteiger partial charge >= 0.3 is 51.4 Å². The van der Waals surface area contributed by atoms with E-state index in [1.807, 2.05) is 24.3 Å². The quantitative estimate of drug-likeness (QED) is 0.581. The van der Waals surface area contributed by atoms with Gasteiger partial charge in [-0.15, -0.1) is 0 Å². The largest absolute Gasteiger partial charge is 1.00 e. The Hall–Kier alpha value is 0.546. The van der Waals surface area contributed by atoms with Crippen molar-refractivity contribution in [3.63, 3.8) is 0 Å². The second-order valence-electron chi connectivity index (χ2n) is 2.15. The van der Waals surface area contributed by atoms with Crippen LogP contribution in [0.5, 0.6) is 5.19 Å². The molecule has 0 aliphatic heterocycles. The Morgan fingerprint density at radius 3 is 2.83 bits per heavy atom. The minimum absolute atomic E-state index is 0. The van der Waals surface area contributed by atoms with Crippen LogP contribution >= 0.6 is 11.3 Å². The maximum absolute atomic E-state index is 5.01. The second kappa shape index (κ2) is 4.69. The summed E-state index contributed by atoms with van der Waals surface area (Å²) in [5.74, 6) is 0. The van der Waals surface area contributed by atoms with Crippen LogP contribution in [0.15, 0.2) is 24.3 Å². The third-order valence-corrected chi connectivity index (χ3v) is 2.45. The molecule has 0 aliphatic rings. The number of hydrogen-bond acceptors (Lipinski definition) is 3. The Morgan fingerprint density at radius 1 is 1.42 bits per heavy atom. The van der Waals surface area contributed by atoms with E-state index in [1.165, 1.54) is 4.70 Å². The van der Waals surface area contributed by atoms with E-state index in [9.17, 15) is 0 Å². The number of methoxy groups -OCH3 is 1. The van der Waals surface area contributed by atoms with Gasteiger partial charge in [0.1, 0.15) is 0 Å². The summed E-state index contributed by atoms with van der Waals surface area (Å²) in [4.78, 5) is 4.23. The molecule has 0 radical (unpaired) electrons. The van der Waals surface area contributed by atoms with Crippen LogP contribution in [0.25, 0.3) is 10.2 Å². The monoisotopic (exact) mass is 205 g/mol. The fourth-order valence-corrected chi connectivity index (χ4v) is 1.72. The predicted molar refractivity (Wildman–Crippen MR) is 47.3 cm³/mol. The number of aromatic nitrogens is 1. The van der Waals surface area contributed by atoms with Gasteiger partial charge in [0.15, 0.2) is 0 Å². The SMILES string of the molecule is COc1nc2ccccc2s1.[H-].[K+]. The van der Waals surface area contributed by atoms with E-state index in [2.05, 4.69) is 4.98 Å². The van der Waals surface area contributed by atoms with E-state index >= 15 is 0 Å². The van der Waals surface area contributed by atoms with Gasteiger partial charge in [-0.25, -0.2) is 4.98 Å². The summed E-state index contributed by atoms with van der Waals surface area (Å²) in [7, 11) is 1.64. The number of fused-ring (bicyclic) bond motifs is 1. The van der Waals surface area contributed by atoms with Crippen LogP contribution in [-0.2, 0) is 0 Å². The summed E-state index contributed by atoms with van der Waals surface area (Å²) in [6, 6.07) is 7.99. The first kappa shape index (κ1) is 10.6. The van der Waals surface area contributed by atoms with E-state index in [0.717, 1.165) is 10.7 Å². The first-order chi connectivity index (χ1) is 5.40. The van der Waals surface area contributed by atoms with Gasteiger partial charge in [-0.05, 0) is 12.1 Å².